The molecule has 0 saturated carbocycles. The lowest BCUT2D eigenvalue weighted by Crippen LogP contribution is -2.32. The standard InChI is InChI=1S/C19H17FN2O2/c20-13-9-17-15-7-6-14(23)10-16(15)21-19(24)18(22(17)11-13)8-12-4-2-1-3-5-12/h1-5,9-11,15,18H,6-8H2,(H,21,24). The predicted octanol–water partition coefficient (Wildman–Crippen LogP) is 2.87. The van der Waals surface area contributed by atoms with E-state index in [0.29, 0.717) is 25.0 Å². The van der Waals surface area contributed by atoms with Crippen molar-refractivity contribution in [3.63, 3.8) is 0 Å². The Balaban J connectivity index is 1.79. The molecule has 122 valence electrons. The van der Waals surface area contributed by atoms with Gasteiger partial charge >= 0.3 is 0 Å². The minimum absolute atomic E-state index is 0.00152. The molecule has 0 radical (unpaired) electrons. The minimum atomic E-state index is -0.534. The molecule has 24 heavy (non-hydrogen) atoms. The summed E-state index contributed by atoms with van der Waals surface area (Å²) in [4.78, 5) is 24.5. The van der Waals surface area contributed by atoms with Gasteiger partial charge in [0, 0.05) is 42.4 Å². The number of carbonyl (C=O) groups excluding carboxylic acids is 2. The number of benzene rings is 1. The number of nitrogens with one attached hydrogen (secondary N) is 1. The predicted molar refractivity (Wildman–Crippen MR) is 86.8 cm³/mol. The highest BCUT2D eigenvalue weighted by Crippen LogP contribution is 2.37. The Morgan fingerprint density at radius 3 is 2.79 bits per heavy atom. The smallest absolute Gasteiger partial charge is 0.247 e. The number of hydrogen-bond acceptors (Lipinski definition) is 2. The van der Waals surface area contributed by atoms with E-state index in [1.54, 1.807) is 4.57 Å². The van der Waals surface area contributed by atoms with E-state index >= 15 is 0 Å². The van der Waals surface area contributed by atoms with Crippen molar-refractivity contribution in [2.45, 2.75) is 31.2 Å². The Hall–Kier alpha value is -2.69. The molecule has 1 aromatic heterocycles. The van der Waals surface area contributed by atoms with Crippen LogP contribution in [0.3, 0.4) is 0 Å². The van der Waals surface area contributed by atoms with Crippen molar-refractivity contribution in [1.82, 2.24) is 9.88 Å². The lowest BCUT2D eigenvalue weighted by molar-refractivity contribution is -0.123. The van der Waals surface area contributed by atoms with Crippen LogP contribution in [-0.4, -0.2) is 16.3 Å². The van der Waals surface area contributed by atoms with E-state index in [1.165, 1.54) is 18.3 Å². The lowest BCUT2D eigenvalue weighted by Gasteiger charge is -2.21. The van der Waals surface area contributed by atoms with Crippen LogP contribution in [0.15, 0.2) is 54.4 Å². The van der Waals surface area contributed by atoms with Crippen molar-refractivity contribution in [2.75, 3.05) is 0 Å². The minimum Gasteiger partial charge on any atom is -0.335 e. The summed E-state index contributed by atoms with van der Waals surface area (Å²) in [6, 6.07) is 10.6. The molecule has 2 heterocycles. The number of rotatable bonds is 2. The molecule has 2 atom stereocenters. The van der Waals surface area contributed by atoms with E-state index in [0.717, 1.165) is 11.3 Å². The highest BCUT2D eigenvalue weighted by molar-refractivity contribution is 5.93. The van der Waals surface area contributed by atoms with E-state index in [4.69, 9.17) is 0 Å². The summed E-state index contributed by atoms with van der Waals surface area (Å²) in [5.41, 5.74) is 2.35. The fourth-order valence-corrected chi connectivity index (χ4v) is 3.61. The normalized spacial score (nSPS) is 23.0. The second-order valence-corrected chi connectivity index (χ2v) is 6.34. The van der Waals surface area contributed by atoms with E-state index in [2.05, 4.69) is 5.32 Å². The van der Waals surface area contributed by atoms with Crippen LogP contribution in [0.2, 0.25) is 0 Å². The van der Waals surface area contributed by atoms with Gasteiger partial charge in [0.25, 0.3) is 0 Å². The van der Waals surface area contributed by atoms with E-state index in [9.17, 15) is 14.0 Å². The molecule has 0 fully saturated rings. The van der Waals surface area contributed by atoms with E-state index < -0.39 is 6.04 Å². The first-order valence-corrected chi connectivity index (χ1v) is 8.08. The Bertz CT molecular complexity index is 838. The van der Waals surface area contributed by atoms with Gasteiger partial charge in [-0.25, -0.2) is 4.39 Å². The van der Waals surface area contributed by atoms with Crippen LogP contribution < -0.4 is 5.32 Å². The van der Waals surface area contributed by atoms with Crippen molar-refractivity contribution in [3.05, 3.63) is 71.4 Å². The van der Waals surface area contributed by atoms with Gasteiger partial charge < -0.3 is 9.88 Å². The van der Waals surface area contributed by atoms with Crippen LogP contribution in [0.4, 0.5) is 4.39 Å². The number of halogens is 1. The largest absolute Gasteiger partial charge is 0.335 e. The molecule has 4 rings (SSSR count). The summed E-state index contributed by atoms with van der Waals surface area (Å²) in [6.07, 6.45) is 4.36. The van der Waals surface area contributed by atoms with Crippen LogP contribution in [0.25, 0.3) is 0 Å². The van der Waals surface area contributed by atoms with E-state index in [-0.39, 0.29) is 23.4 Å². The first kappa shape index (κ1) is 14.9. The zero-order valence-corrected chi connectivity index (χ0v) is 13.0. The average molecular weight is 324 g/mol. The maximum absolute atomic E-state index is 14.0. The Kier molecular flexibility index (Phi) is 3.56. The SMILES string of the molecule is O=C1C=C2NC(=O)C(Cc3ccccc3)n3cc(F)cc3C2CC1. The molecule has 0 spiro atoms. The number of nitrogens with zero attached hydrogens (tertiary/aromatic N) is 1. The summed E-state index contributed by atoms with van der Waals surface area (Å²) in [5, 5.41) is 2.89. The van der Waals surface area contributed by atoms with Gasteiger partial charge in [-0.2, -0.15) is 0 Å². The van der Waals surface area contributed by atoms with Crippen LogP contribution >= 0.6 is 0 Å². The summed E-state index contributed by atoms with van der Waals surface area (Å²) in [7, 11) is 0. The molecule has 4 nitrogen and oxygen atoms in total. The van der Waals surface area contributed by atoms with Crippen molar-refractivity contribution in [2.24, 2.45) is 0 Å². The number of amides is 1. The summed E-state index contributed by atoms with van der Waals surface area (Å²) < 4.78 is 15.7. The van der Waals surface area contributed by atoms with Gasteiger partial charge in [-0.1, -0.05) is 30.3 Å². The van der Waals surface area contributed by atoms with Crippen molar-refractivity contribution in [3.8, 4) is 0 Å². The first-order valence-electron chi connectivity index (χ1n) is 8.08. The lowest BCUT2D eigenvalue weighted by atomic mass is 9.89. The molecule has 1 amide bonds. The highest BCUT2D eigenvalue weighted by Gasteiger charge is 2.35. The first-order chi connectivity index (χ1) is 11.6. The molecule has 2 aromatic rings. The third kappa shape index (κ3) is 2.56. The molecule has 2 aliphatic rings. The third-order valence-corrected chi connectivity index (χ3v) is 4.75. The molecular weight excluding hydrogens is 307 g/mol. The number of ketones is 1. The summed E-state index contributed by atoms with van der Waals surface area (Å²) >= 11 is 0. The number of allylic oxidation sites excluding steroid dienone is 2. The highest BCUT2D eigenvalue weighted by atomic mass is 19.1. The second-order valence-electron chi connectivity index (χ2n) is 6.34. The Morgan fingerprint density at radius 1 is 1.21 bits per heavy atom. The van der Waals surface area contributed by atoms with Crippen molar-refractivity contribution >= 4 is 11.7 Å². The van der Waals surface area contributed by atoms with Gasteiger partial charge in [0.15, 0.2) is 5.78 Å². The fraction of sp³-hybridized carbons (Fsp3) is 0.263. The van der Waals surface area contributed by atoms with Gasteiger partial charge in [-0.3, -0.25) is 9.59 Å². The molecule has 1 aromatic carbocycles. The number of aromatic nitrogens is 1. The monoisotopic (exact) mass is 324 g/mol. The number of hydrogen-bond donors (Lipinski definition) is 1. The maximum atomic E-state index is 14.0. The van der Waals surface area contributed by atoms with Crippen LogP contribution in [0.5, 0.6) is 0 Å². The van der Waals surface area contributed by atoms with E-state index in [1.807, 2.05) is 30.3 Å². The van der Waals surface area contributed by atoms with Gasteiger partial charge in [0.05, 0.1) is 0 Å². The van der Waals surface area contributed by atoms with Gasteiger partial charge in [0.1, 0.15) is 11.9 Å². The van der Waals surface area contributed by atoms with Crippen LogP contribution in [-0.2, 0) is 16.0 Å². The molecule has 0 bridgehead atoms. The maximum Gasteiger partial charge on any atom is 0.247 e. The van der Waals surface area contributed by atoms with Gasteiger partial charge in [-0.05, 0) is 18.1 Å². The molecule has 1 aliphatic carbocycles. The third-order valence-electron chi connectivity index (χ3n) is 4.75. The number of carbonyl (C=O) groups is 2. The molecule has 2 unspecified atom stereocenters. The second kappa shape index (κ2) is 5.74. The van der Waals surface area contributed by atoms with Crippen molar-refractivity contribution in [1.29, 1.82) is 0 Å². The fourth-order valence-electron chi connectivity index (χ4n) is 3.61. The Labute approximate surface area is 139 Å². The molecule has 5 heteroatoms. The van der Waals surface area contributed by atoms with Gasteiger partial charge in [0.2, 0.25) is 5.91 Å². The molecule has 1 N–H and O–H groups in total. The summed E-state index contributed by atoms with van der Waals surface area (Å²) in [5.74, 6) is -0.702. The van der Waals surface area contributed by atoms with Crippen LogP contribution in [0.1, 0.15) is 36.1 Å². The molecular formula is C19H17FN2O2. The summed E-state index contributed by atoms with van der Waals surface area (Å²) in [6.45, 7) is 0. The van der Waals surface area contributed by atoms with Gasteiger partial charge in [-0.15, -0.1) is 0 Å². The van der Waals surface area contributed by atoms with Crippen molar-refractivity contribution < 1.29 is 14.0 Å². The molecule has 0 saturated heterocycles. The number of fused-ring (bicyclic) bond motifs is 3. The quantitative estimate of drug-likeness (QED) is 0.923. The average Bonchev–Trinajstić information content (AvgIpc) is 2.91. The zero-order valence-electron chi connectivity index (χ0n) is 13.0. The zero-order chi connectivity index (χ0) is 16.7. The topological polar surface area (TPSA) is 51.1 Å². The van der Waals surface area contributed by atoms with Crippen LogP contribution in [0, 0.1) is 5.82 Å². The Morgan fingerprint density at radius 2 is 2.00 bits per heavy atom. The molecule has 1 aliphatic heterocycles.